The third-order valence-electron chi connectivity index (χ3n) is 8.10. The number of rotatable bonds is 9. The number of fused-ring (bicyclic) bond motifs is 1. The Bertz CT molecular complexity index is 1730. The largest absolute Gasteiger partial charge is 0.478 e. The number of imidazole rings is 1. The average molecular weight is 613 g/mol. The Morgan fingerprint density at radius 2 is 1.93 bits per heavy atom. The van der Waals surface area contributed by atoms with Gasteiger partial charge in [-0.15, -0.1) is 5.10 Å². The summed E-state index contributed by atoms with van der Waals surface area (Å²) in [4.78, 5) is 18.5. The molecular weight excluding hydrogens is 584 g/mol. The molecule has 0 saturated carbocycles. The van der Waals surface area contributed by atoms with E-state index >= 15 is 0 Å². The number of carbonyl (C=O) groups is 1. The predicted octanol–water partition coefficient (Wildman–Crippen LogP) is 5.17. The molecule has 0 amide bonds. The Balaban J connectivity index is 1.15. The van der Waals surface area contributed by atoms with Crippen molar-refractivity contribution in [1.29, 1.82) is 5.26 Å². The number of carboxylic acid groups (broad SMARTS) is 1. The van der Waals surface area contributed by atoms with E-state index in [4.69, 9.17) is 19.7 Å². The van der Waals surface area contributed by atoms with E-state index in [2.05, 4.69) is 10.00 Å². The van der Waals surface area contributed by atoms with Crippen LogP contribution in [-0.2, 0) is 30.6 Å². The summed E-state index contributed by atoms with van der Waals surface area (Å²) in [5.74, 6) is -1.64. The van der Waals surface area contributed by atoms with Crippen molar-refractivity contribution in [3.8, 4) is 11.9 Å². The normalized spacial score (nSPS) is 17.8. The zero-order chi connectivity index (χ0) is 31.0. The van der Waals surface area contributed by atoms with Crippen molar-refractivity contribution in [3.63, 3.8) is 0 Å². The molecule has 0 aliphatic carbocycles. The van der Waals surface area contributed by atoms with Gasteiger partial charge in [-0.3, -0.25) is 9.58 Å². The smallest absolute Gasteiger partial charge is 0.423 e. The number of aromatic nitrogens is 4. The lowest BCUT2D eigenvalue weighted by molar-refractivity contribution is -0.139. The SMILES string of the molecule is N#Cc1ccc(COc2nn(C3CCN(Cc4nc5ccc(C(=O)O)cc5n4CC4CCO4)CC3)cc2C(F)(F)F)c(F)c1. The number of hydrogen-bond donors (Lipinski definition) is 1. The molecule has 1 N–H and O–H groups in total. The van der Waals surface area contributed by atoms with Crippen LogP contribution >= 0.6 is 0 Å². The minimum absolute atomic E-state index is 0.00839. The second kappa shape index (κ2) is 11.9. The Morgan fingerprint density at radius 3 is 2.57 bits per heavy atom. The predicted molar refractivity (Wildman–Crippen MR) is 147 cm³/mol. The number of piperidine rings is 1. The summed E-state index contributed by atoms with van der Waals surface area (Å²) in [5, 5.41) is 22.5. The zero-order valence-electron chi connectivity index (χ0n) is 23.4. The molecule has 2 fully saturated rings. The standard InChI is InChI=1S/C30H28F4N6O4/c31-24-11-18(13-35)1-2-20(24)17-44-28-23(30(32,33)34)15-40(37-28)21-5-8-38(9-6-21)16-27-36-25-4-3-19(29(41)42)12-26(25)39(27)14-22-7-10-43-22/h1-4,11-12,15,21-22H,5-10,14,16-17H2,(H,41,42). The van der Waals surface area contributed by atoms with E-state index in [0.29, 0.717) is 51.1 Å². The van der Waals surface area contributed by atoms with Crippen LogP contribution in [0, 0.1) is 17.1 Å². The number of benzene rings is 2. The molecule has 2 aliphatic rings. The van der Waals surface area contributed by atoms with Gasteiger partial charge >= 0.3 is 12.1 Å². The van der Waals surface area contributed by atoms with Gasteiger partial charge in [-0.25, -0.2) is 14.2 Å². The van der Waals surface area contributed by atoms with Gasteiger partial charge in [0, 0.05) is 31.5 Å². The first-order valence-corrected chi connectivity index (χ1v) is 14.1. The molecule has 4 aromatic rings. The maximum atomic E-state index is 14.3. The Morgan fingerprint density at radius 1 is 1.16 bits per heavy atom. The summed E-state index contributed by atoms with van der Waals surface area (Å²) < 4.78 is 70.1. The van der Waals surface area contributed by atoms with Crippen molar-refractivity contribution in [2.24, 2.45) is 0 Å². The van der Waals surface area contributed by atoms with Crippen molar-refractivity contribution in [3.05, 3.63) is 76.5 Å². The molecule has 14 heteroatoms. The van der Waals surface area contributed by atoms with Crippen molar-refractivity contribution in [1.82, 2.24) is 24.2 Å². The van der Waals surface area contributed by atoms with Gasteiger partial charge in [0.25, 0.3) is 0 Å². The molecule has 1 atom stereocenters. The first-order chi connectivity index (χ1) is 21.1. The van der Waals surface area contributed by atoms with Crippen molar-refractivity contribution >= 4 is 17.0 Å². The lowest BCUT2D eigenvalue weighted by Crippen LogP contribution is -2.36. The minimum Gasteiger partial charge on any atom is -0.478 e. The first kappa shape index (κ1) is 29.6. The van der Waals surface area contributed by atoms with Crippen molar-refractivity contribution in [2.75, 3.05) is 19.7 Å². The molecule has 4 heterocycles. The molecule has 44 heavy (non-hydrogen) atoms. The molecular formula is C30H28F4N6O4. The number of alkyl halides is 3. The van der Waals surface area contributed by atoms with Crippen molar-refractivity contribution < 1.29 is 36.9 Å². The van der Waals surface area contributed by atoms with Gasteiger partial charge < -0.3 is 19.1 Å². The number of carboxylic acids is 1. The summed E-state index contributed by atoms with van der Waals surface area (Å²) in [7, 11) is 0. The quantitative estimate of drug-likeness (QED) is 0.258. The number of aromatic carboxylic acids is 1. The van der Waals surface area contributed by atoms with Crippen LogP contribution in [0.4, 0.5) is 17.6 Å². The molecule has 0 spiro atoms. The molecule has 1 unspecified atom stereocenters. The van der Waals surface area contributed by atoms with E-state index in [0.717, 1.165) is 30.0 Å². The van der Waals surface area contributed by atoms with Gasteiger partial charge in [-0.2, -0.15) is 18.4 Å². The highest BCUT2D eigenvalue weighted by Gasteiger charge is 2.38. The van der Waals surface area contributed by atoms with E-state index < -0.39 is 36.0 Å². The molecule has 2 aliphatic heterocycles. The number of likely N-dealkylation sites (tertiary alicyclic amines) is 1. The molecule has 2 aromatic heterocycles. The van der Waals surface area contributed by atoms with E-state index in [9.17, 15) is 27.5 Å². The molecule has 6 rings (SSSR count). The van der Waals surface area contributed by atoms with E-state index in [1.54, 1.807) is 18.2 Å². The molecule has 10 nitrogen and oxygen atoms in total. The topological polar surface area (TPSA) is 118 Å². The number of hydrogen-bond acceptors (Lipinski definition) is 7. The fraction of sp³-hybridized carbons (Fsp3) is 0.400. The summed E-state index contributed by atoms with van der Waals surface area (Å²) in [6.45, 7) is 2.38. The summed E-state index contributed by atoms with van der Waals surface area (Å²) in [6, 6.07) is 9.99. The van der Waals surface area contributed by atoms with Crippen LogP contribution in [0.25, 0.3) is 11.0 Å². The van der Waals surface area contributed by atoms with Gasteiger partial charge in [-0.05, 0) is 49.6 Å². The molecule has 2 saturated heterocycles. The third kappa shape index (κ3) is 6.11. The second-order valence-electron chi connectivity index (χ2n) is 11.0. The highest BCUT2D eigenvalue weighted by Crippen LogP contribution is 2.38. The average Bonchev–Trinajstić information content (AvgIpc) is 3.55. The summed E-state index contributed by atoms with van der Waals surface area (Å²) >= 11 is 0. The number of nitriles is 1. The third-order valence-corrected chi connectivity index (χ3v) is 8.10. The second-order valence-corrected chi connectivity index (χ2v) is 11.0. The van der Waals surface area contributed by atoms with Crippen LogP contribution in [0.3, 0.4) is 0 Å². The van der Waals surface area contributed by atoms with Gasteiger partial charge in [0.15, 0.2) is 0 Å². The Labute approximate surface area is 249 Å². The number of nitrogens with zero attached hydrogens (tertiary/aromatic N) is 6. The lowest BCUT2D eigenvalue weighted by atomic mass is 10.1. The fourth-order valence-corrected chi connectivity index (χ4v) is 5.55. The van der Waals surface area contributed by atoms with Crippen LogP contribution in [0.5, 0.6) is 5.88 Å². The highest BCUT2D eigenvalue weighted by molar-refractivity contribution is 5.92. The molecule has 0 bridgehead atoms. The van der Waals surface area contributed by atoms with Crippen LogP contribution in [0.15, 0.2) is 42.6 Å². The molecule has 230 valence electrons. The number of ether oxygens (including phenoxy) is 2. The van der Waals surface area contributed by atoms with Crippen LogP contribution in [0.2, 0.25) is 0 Å². The van der Waals surface area contributed by atoms with Crippen molar-refractivity contribution in [2.45, 2.75) is 57.3 Å². The first-order valence-electron chi connectivity index (χ1n) is 14.1. The van der Waals surface area contributed by atoms with Gasteiger partial charge in [0.1, 0.15) is 23.8 Å². The Kier molecular flexibility index (Phi) is 8.00. The van der Waals surface area contributed by atoms with Crippen LogP contribution < -0.4 is 4.74 Å². The fourth-order valence-electron chi connectivity index (χ4n) is 5.55. The monoisotopic (exact) mass is 612 g/mol. The molecule has 2 aromatic carbocycles. The summed E-state index contributed by atoms with van der Waals surface area (Å²) in [6.07, 6.45) is -1.81. The van der Waals surface area contributed by atoms with Gasteiger partial charge in [-0.1, -0.05) is 6.07 Å². The van der Waals surface area contributed by atoms with E-state index in [1.807, 2.05) is 4.57 Å². The van der Waals surface area contributed by atoms with Gasteiger partial charge in [0.2, 0.25) is 5.88 Å². The van der Waals surface area contributed by atoms with E-state index in [1.165, 1.54) is 22.9 Å². The van der Waals surface area contributed by atoms with Crippen LogP contribution in [0.1, 0.15) is 58.2 Å². The summed E-state index contributed by atoms with van der Waals surface area (Å²) in [5.41, 5.74) is 0.632. The van der Waals surface area contributed by atoms with Crippen LogP contribution in [-0.4, -0.2) is 61.1 Å². The highest BCUT2D eigenvalue weighted by atomic mass is 19.4. The molecule has 0 radical (unpaired) electrons. The van der Waals surface area contributed by atoms with Gasteiger partial charge in [0.05, 0.1) is 53.5 Å². The maximum absolute atomic E-state index is 14.3. The zero-order valence-corrected chi connectivity index (χ0v) is 23.4. The Hall–Kier alpha value is -4.48. The maximum Gasteiger partial charge on any atom is 0.423 e. The number of halogens is 4. The van der Waals surface area contributed by atoms with E-state index in [-0.39, 0.29) is 28.8 Å². The lowest BCUT2D eigenvalue weighted by Gasteiger charge is -2.32. The minimum atomic E-state index is -4.72.